The summed E-state index contributed by atoms with van der Waals surface area (Å²) in [5.74, 6) is 0.401. The minimum absolute atomic E-state index is 0.210. The molecule has 3 aromatic rings. The average molecular weight is 425 g/mol. The molecule has 1 atom stereocenters. The fourth-order valence-corrected chi connectivity index (χ4v) is 5.47. The maximum absolute atomic E-state index is 13.3. The molecule has 7 heteroatoms. The molecule has 0 aliphatic carbocycles. The van der Waals surface area contributed by atoms with Crippen molar-refractivity contribution in [3.05, 3.63) is 66.7 Å². The Hall–Kier alpha value is -2.90. The number of nitrogens with zero attached hydrogens (tertiary/aromatic N) is 1. The number of sulfonamides is 1. The quantitative estimate of drug-likeness (QED) is 0.648. The van der Waals surface area contributed by atoms with Gasteiger partial charge in [0.05, 0.1) is 11.5 Å². The van der Waals surface area contributed by atoms with Crippen molar-refractivity contribution in [3.8, 4) is 5.75 Å². The SMILES string of the molecule is CCOc1ccc(NC(=O)[C@H]2CCCN2S(=O)(=O)c2ccc3ccccc3c2)cc1. The second kappa shape index (κ2) is 8.45. The third-order valence-corrected chi connectivity index (χ3v) is 7.17. The lowest BCUT2D eigenvalue weighted by Crippen LogP contribution is -2.43. The van der Waals surface area contributed by atoms with Crippen LogP contribution in [0.3, 0.4) is 0 Å². The lowest BCUT2D eigenvalue weighted by molar-refractivity contribution is -0.119. The fourth-order valence-electron chi connectivity index (χ4n) is 3.78. The van der Waals surface area contributed by atoms with E-state index in [2.05, 4.69) is 5.32 Å². The number of hydrogen-bond acceptors (Lipinski definition) is 4. The Morgan fingerprint density at radius 2 is 1.80 bits per heavy atom. The first-order valence-electron chi connectivity index (χ1n) is 10.0. The fraction of sp³-hybridized carbons (Fsp3) is 0.261. The van der Waals surface area contributed by atoms with Crippen molar-refractivity contribution in [1.82, 2.24) is 4.31 Å². The maximum atomic E-state index is 13.3. The van der Waals surface area contributed by atoms with Crippen molar-refractivity contribution in [1.29, 1.82) is 0 Å². The van der Waals surface area contributed by atoms with Gasteiger partial charge in [0, 0.05) is 12.2 Å². The number of fused-ring (bicyclic) bond motifs is 1. The van der Waals surface area contributed by atoms with Crippen molar-refractivity contribution in [3.63, 3.8) is 0 Å². The Labute approximate surface area is 176 Å². The Kier molecular flexibility index (Phi) is 5.74. The minimum Gasteiger partial charge on any atom is -0.494 e. The Morgan fingerprint density at radius 3 is 2.53 bits per heavy atom. The number of carbonyl (C=O) groups excluding carboxylic acids is 1. The van der Waals surface area contributed by atoms with Crippen LogP contribution in [0.1, 0.15) is 19.8 Å². The number of benzene rings is 3. The molecule has 1 amide bonds. The van der Waals surface area contributed by atoms with Crippen LogP contribution in [0, 0.1) is 0 Å². The van der Waals surface area contributed by atoms with Crippen LogP contribution in [0.4, 0.5) is 5.69 Å². The molecule has 1 fully saturated rings. The number of hydrogen-bond donors (Lipinski definition) is 1. The van der Waals surface area contributed by atoms with Crippen LogP contribution in [0.2, 0.25) is 0 Å². The lowest BCUT2D eigenvalue weighted by atomic mass is 10.1. The van der Waals surface area contributed by atoms with Gasteiger partial charge < -0.3 is 10.1 Å². The summed E-state index contributed by atoms with van der Waals surface area (Å²) in [4.78, 5) is 13.1. The van der Waals surface area contributed by atoms with Gasteiger partial charge in [-0.25, -0.2) is 8.42 Å². The molecule has 3 aromatic carbocycles. The third-order valence-electron chi connectivity index (χ3n) is 5.27. The van der Waals surface area contributed by atoms with E-state index in [1.165, 1.54) is 4.31 Å². The van der Waals surface area contributed by atoms with Gasteiger partial charge in [-0.2, -0.15) is 4.31 Å². The molecule has 0 unspecified atom stereocenters. The van der Waals surface area contributed by atoms with Crippen LogP contribution < -0.4 is 10.1 Å². The standard InChI is InChI=1S/C23H24N2O4S/c1-2-29-20-12-10-19(11-13-20)24-23(26)22-8-5-15-25(22)30(27,28)21-14-9-17-6-3-4-7-18(17)16-21/h3-4,6-7,9-14,16,22H,2,5,8,15H2,1H3,(H,24,26)/t22-/m1/s1. The third kappa shape index (κ3) is 4.04. The summed E-state index contributed by atoms with van der Waals surface area (Å²) >= 11 is 0. The molecule has 4 rings (SSSR count). The normalized spacial score (nSPS) is 17.2. The molecular formula is C23H24N2O4S. The molecule has 6 nitrogen and oxygen atoms in total. The van der Waals surface area contributed by atoms with E-state index in [0.29, 0.717) is 31.7 Å². The molecule has 1 aliphatic heterocycles. The van der Waals surface area contributed by atoms with E-state index < -0.39 is 16.1 Å². The summed E-state index contributed by atoms with van der Waals surface area (Å²) < 4.78 is 33.3. The smallest absolute Gasteiger partial charge is 0.243 e. The Balaban J connectivity index is 1.54. The van der Waals surface area contributed by atoms with Crippen LogP contribution in [0.5, 0.6) is 5.75 Å². The first-order valence-corrected chi connectivity index (χ1v) is 11.5. The zero-order valence-electron chi connectivity index (χ0n) is 16.7. The number of amides is 1. The van der Waals surface area contributed by atoms with Gasteiger partial charge in [-0.1, -0.05) is 30.3 Å². The largest absolute Gasteiger partial charge is 0.494 e. The summed E-state index contributed by atoms with van der Waals surface area (Å²) in [7, 11) is -3.78. The van der Waals surface area contributed by atoms with Crippen LogP contribution in [-0.4, -0.2) is 37.8 Å². The molecule has 0 bridgehead atoms. The van der Waals surface area contributed by atoms with E-state index in [4.69, 9.17) is 4.74 Å². The van der Waals surface area contributed by atoms with Gasteiger partial charge in [-0.15, -0.1) is 0 Å². The molecule has 0 spiro atoms. The first kappa shape index (κ1) is 20.4. The summed E-state index contributed by atoms with van der Waals surface area (Å²) in [5, 5.41) is 4.67. The summed E-state index contributed by atoms with van der Waals surface area (Å²) in [6.07, 6.45) is 1.14. The van der Waals surface area contributed by atoms with Gasteiger partial charge in [0.1, 0.15) is 11.8 Å². The molecule has 1 heterocycles. The molecule has 30 heavy (non-hydrogen) atoms. The van der Waals surface area contributed by atoms with Crippen molar-refractivity contribution in [2.24, 2.45) is 0 Å². The summed E-state index contributed by atoms with van der Waals surface area (Å²) in [6, 6.07) is 19.0. The average Bonchev–Trinajstić information content (AvgIpc) is 3.26. The zero-order valence-corrected chi connectivity index (χ0v) is 17.6. The zero-order chi connectivity index (χ0) is 21.1. The molecule has 0 radical (unpaired) electrons. The van der Waals surface area contributed by atoms with Gasteiger partial charge >= 0.3 is 0 Å². The van der Waals surface area contributed by atoms with Crippen molar-refractivity contribution < 1.29 is 17.9 Å². The number of ether oxygens (including phenoxy) is 1. The lowest BCUT2D eigenvalue weighted by Gasteiger charge is -2.23. The number of rotatable bonds is 6. The Bertz CT molecular complexity index is 1160. The van der Waals surface area contributed by atoms with E-state index >= 15 is 0 Å². The maximum Gasteiger partial charge on any atom is 0.243 e. The highest BCUT2D eigenvalue weighted by Gasteiger charge is 2.39. The van der Waals surface area contributed by atoms with Crippen molar-refractivity contribution in [2.45, 2.75) is 30.7 Å². The van der Waals surface area contributed by atoms with Crippen LogP contribution in [-0.2, 0) is 14.8 Å². The van der Waals surface area contributed by atoms with Crippen LogP contribution in [0.25, 0.3) is 10.8 Å². The van der Waals surface area contributed by atoms with Gasteiger partial charge in [0.2, 0.25) is 15.9 Å². The van der Waals surface area contributed by atoms with Gasteiger partial charge in [0.25, 0.3) is 0 Å². The number of carbonyl (C=O) groups is 1. The highest BCUT2D eigenvalue weighted by atomic mass is 32.2. The molecule has 1 saturated heterocycles. The first-order chi connectivity index (χ1) is 14.5. The van der Waals surface area contributed by atoms with Gasteiger partial charge in [-0.05, 0) is 66.9 Å². The van der Waals surface area contributed by atoms with E-state index in [-0.39, 0.29) is 10.8 Å². The summed E-state index contributed by atoms with van der Waals surface area (Å²) in [5.41, 5.74) is 0.610. The molecule has 0 aromatic heterocycles. The van der Waals surface area contributed by atoms with E-state index in [1.54, 1.807) is 42.5 Å². The van der Waals surface area contributed by atoms with Crippen molar-refractivity contribution in [2.75, 3.05) is 18.5 Å². The Morgan fingerprint density at radius 1 is 1.07 bits per heavy atom. The molecule has 1 aliphatic rings. The highest BCUT2D eigenvalue weighted by molar-refractivity contribution is 7.89. The van der Waals surface area contributed by atoms with Crippen LogP contribution >= 0.6 is 0 Å². The second-order valence-electron chi connectivity index (χ2n) is 7.23. The topological polar surface area (TPSA) is 75.7 Å². The van der Waals surface area contributed by atoms with E-state index in [0.717, 1.165) is 16.5 Å². The highest BCUT2D eigenvalue weighted by Crippen LogP contribution is 2.29. The van der Waals surface area contributed by atoms with Gasteiger partial charge in [0.15, 0.2) is 0 Å². The predicted molar refractivity (Wildman–Crippen MR) is 117 cm³/mol. The molecule has 0 saturated carbocycles. The van der Waals surface area contributed by atoms with E-state index in [9.17, 15) is 13.2 Å². The van der Waals surface area contributed by atoms with Crippen molar-refractivity contribution >= 4 is 32.4 Å². The monoisotopic (exact) mass is 424 g/mol. The summed E-state index contributed by atoms with van der Waals surface area (Å²) in [6.45, 7) is 2.80. The molecular weight excluding hydrogens is 400 g/mol. The minimum atomic E-state index is -3.78. The second-order valence-corrected chi connectivity index (χ2v) is 9.12. The van der Waals surface area contributed by atoms with E-state index in [1.807, 2.05) is 31.2 Å². The number of nitrogens with one attached hydrogen (secondary N) is 1. The van der Waals surface area contributed by atoms with Crippen LogP contribution in [0.15, 0.2) is 71.6 Å². The van der Waals surface area contributed by atoms with Gasteiger partial charge in [-0.3, -0.25) is 4.79 Å². The number of anilines is 1. The predicted octanol–water partition coefficient (Wildman–Crippen LogP) is 4.03. The molecule has 1 N–H and O–H groups in total. The molecule has 156 valence electrons.